The lowest BCUT2D eigenvalue weighted by Crippen LogP contribution is -1.83. The van der Waals surface area contributed by atoms with E-state index in [-0.39, 0.29) is 0 Å². The van der Waals surface area contributed by atoms with Gasteiger partial charge in [0.15, 0.2) is 5.76 Å². The quantitative estimate of drug-likeness (QED) is 0.547. The molecule has 23 heavy (non-hydrogen) atoms. The fourth-order valence-corrected chi connectivity index (χ4v) is 2.38. The van der Waals surface area contributed by atoms with E-state index in [0.717, 1.165) is 28.1 Å². The predicted octanol–water partition coefficient (Wildman–Crippen LogP) is 6.08. The summed E-state index contributed by atoms with van der Waals surface area (Å²) in [5, 5.41) is 0.699. The maximum atomic E-state index is 5.92. The molecule has 1 heterocycles. The summed E-state index contributed by atoms with van der Waals surface area (Å²) in [6.07, 6.45) is 1.73. The van der Waals surface area contributed by atoms with Gasteiger partial charge >= 0.3 is 0 Å². The average Bonchev–Trinajstić information content (AvgIpc) is 2.99. The smallest absolute Gasteiger partial charge is 0.226 e. The molecule has 0 N–H and O–H groups in total. The van der Waals surface area contributed by atoms with Crippen LogP contribution >= 0.6 is 11.6 Å². The summed E-state index contributed by atoms with van der Waals surface area (Å²) in [7, 11) is 0. The van der Waals surface area contributed by atoms with Crippen molar-refractivity contribution in [3.63, 3.8) is 0 Å². The lowest BCUT2D eigenvalue weighted by atomic mass is 10.1. The van der Waals surface area contributed by atoms with Crippen LogP contribution in [0.4, 0.5) is 5.69 Å². The molecule has 3 aromatic rings. The standard InChI is InChI=1S/C19H17ClN2O/c1-12(2)22-17-10-15(5-4-13(17)3)19-21-11-18(23-19)14-6-8-16(20)9-7-14/h4-11H,1-3H3. The number of aryl methyl sites for hydroxylation is 1. The highest BCUT2D eigenvalue weighted by Gasteiger charge is 2.10. The van der Waals surface area contributed by atoms with Crippen molar-refractivity contribution in [1.82, 2.24) is 4.98 Å². The Morgan fingerprint density at radius 1 is 1.04 bits per heavy atom. The minimum absolute atomic E-state index is 0.583. The van der Waals surface area contributed by atoms with E-state index in [1.807, 2.05) is 63.2 Å². The second-order valence-corrected chi connectivity index (χ2v) is 6.03. The monoisotopic (exact) mass is 324 g/mol. The third kappa shape index (κ3) is 3.51. The number of benzene rings is 2. The first-order valence-electron chi connectivity index (χ1n) is 7.37. The van der Waals surface area contributed by atoms with Crippen LogP contribution in [0.15, 0.2) is 58.1 Å². The molecule has 0 spiro atoms. The van der Waals surface area contributed by atoms with Crippen molar-refractivity contribution < 1.29 is 4.42 Å². The van der Waals surface area contributed by atoms with Crippen molar-refractivity contribution in [2.75, 3.05) is 0 Å². The fourth-order valence-electron chi connectivity index (χ4n) is 2.26. The van der Waals surface area contributed by atoms with Crippen molar-refractivity contribution in [3.8, 4) is 22.8 Å². The number of rotatable bonds is 3. The average molecular weight is 325 g/mol. The summed E-state index contributed by atoms with van der Waals surface area (Å²) >= 11 is 5.92. The number of aromatic nitrogens is 1. The van der Waals surface area contributed by atoms with Gasteiger partial charge in [-0.15, -0.1) is 0 Å². The highest BCUT2D eigenvalue weighted by atomic mass is 35.5. The zero-order valence-corrected chi connectivity index (χ0v) is 14.1. The molecule has 0 fully saturated rings. The van der Waals surface area contributed by atoms with Gasteiger partial charge in [-0.2, -0.15) is 0 Å². The first-order valence-corrected chi connectivity index (χ1v) is 7.75. The second kappa shape index (κ2) is 6.39. The van der Waals surface area contributed by atoms with Gasteiger partial charge in [0.2, 0.25) is 5.89 Å². The van der Waals surface area contributed by atoms with E-state index in [1.54, 1.807) is 6.20 Å². The van der Waals surface area contributed by atoms with Crippen molar-refractivity contribution in [3.05, 3.63) is 59.2 Å². The van der Waals surface area contributed by atoms with Crippen molar-refractivity contribution in [1.29, 1.82) is 0 Å². The Morgan fingerprint density at radius 2 is 1.74 bits per heavy atom. The molecule has 0 aliphatic heterocycles. The minimum Gasteiger partial charge on any atom is -0.436 e. The van der Waals surface area contributed by atoms with Gasteiger partial charge in [0.1, 0.15) is 0 Å². The first-order chi connectivity index (χ1) is 11.0. The molecular weight excluding hydrogens is 308 g/mol. The van der Waals surface area contributed by atoms with Crippen LogP contribution in [0.1, 0.15) is 19.4 Å². The summed E-state index contributed by atoms with van der Waals surface area (Å²) in [5.41, 5.74) is 4.94. The van der Waals surface area contributed by atoms with Gasteiger partial charge in [-0.3, -0.25) is 4.99 Å². The van der Waals surface area contributed by atoms with E-state index in [0.29, 0.717) is 16.7 Å². The van der Waals surface area contributed by atoms with E-state index in [1.165, 1.54) is 0 Å². The number of nitrogens with zero attached hydrogens (tertiary/aromatic N) is 2. The predicted molar refractivity (Wildman–Crippen MR) is 95.6 cm³/mol. The maximum Gasteiger partial charge on any atom is 0.226 e. The minimum atomic E-state index is 0.583. The molecule has 0 amide bonds. The van der Waals surface area contributed by atoms with E-state index >= 15 is 0 Å². The van der Waals surface area contributed by atoms with Gasteiger partial charge in [-0.25, -0.2) is 4.98 Å². The van der Waals surface area contributed by atoms with Crippen molar-refractivity contribution in [2.45, 2.75) is 20.8 Å². The van der Waals surface area contributed by atoms with E-state index < -0.39 is 0 Å². The number of oxazole rings is 1. The molecular formula is C19H17ClN2O. The van der Waals surface area contributed by atoms with Gasteiger partial charge in [0.05, 0.1) is 11.9 Å². The fraction of sp³-hybridized carbons (Fsp3) is 0.158. The normalized spacial score (nSPS) is 10.6. The SMILES string of the molecule is CC(C)=Nc1cc(-c2ncc(-c3ccc(Cl)cc3)o2)ccc1C. The largest absolute Gasteiger partial charge is 0.436 e. The molecule has 116 valence electrons. The summed E-state index contributed by atoms with van der Waals surface area (Å²) in [6, 6.07) is 13.5. The maximum absolute atomic E-state index is 5.92. The molecule has 0 saturated heterocycles. The zero-order chi connectivity index (χ0) is 16.4. The summed E-state index contributed by atoms with van der Waals surface area (Å²) in [6.45, 7) is 6.01. The first kappa shape index (κ1) is 15.5. The Labute approximate surface area is 140 Å². The van der Waals surface area contributed by atoms with Crippen LogP contribution in [0.5, 0.6) is 0 Å². The second-order valence-electron chi connectivity index (χ2n) is 5.60. The number of halogens is 1. The summed E-state index contributed by atoms with van der Waals surface area (Å²) in [5.74, 6) is 1.30. The molecule has 0 bridgehead atoms. The van der Waals surface area contributed by atoms with Crippen molar-refractivity contribution >= 4 is 23.0 Å². The Kier molecular flexibility index (Phi) is 4.30. The number of hydrogen-bond donors (Lipinski definition) is 0. The molecule has 0 saturated carbocycles. The summed E-state index contributed by atoms with van der Waals surface area (Å²) in [4.78, 5) is 8.94. The third-order valence-corrected chi connectivity index (χ3v) is 3.69. The van der Waals surface area contributed by atoms with Crippen LogP contribution in [-0.2, 0) is 0 Å². The highest BCUT2D eigenvalue weighted by Crippen LogP contribution is 2.30. The van der Waals surface area contributed by atoms with Crippen LogP contribution in [-0.4, -0.2) is 10.7 Å². The van der Waals surface area contributed by atoms with Crippen LogP contribution in [0.3, 0.4) is 0 Å². The van der Waals surface area contributed by atoms with Crippen LogP contribution < -0.4 is 0 Å². The number of aliphatic imine (C=N–C) groups is 1. The zero-order valence-electron chi connectivity index (χ0n) is 13.3. The lowest BCUT2D eigenvalue weighted by Gasteiger charge is -2.03. The van der Waals surface area contributed by atoms with Crippen LogP contribution in [0.25, 0.3) is 22.8 Å². The molecule has 2 aromatic carbocycles. The highest BCUT2D eigenvalue weighted by molar-refractivity contribution is 6.30. The summed E-state index contributed by atoms with van der Waals surface area (Å²) < 4.78 is 5.89. The Bertz CT molecular complexity index is 859. The third-order valence-electron chi connectivity index (χ3n) is 3.43. The van der Waals surface area contributed by atoms with Gasteiger partial charge in [-0.05, 0) is 62.7 Å². The Morgan fingerprint density at radius 3 is 2.43 bits per heavy atom. The van der Waals surface area contributed by atoms with Gasteiger partial charge in [0, 0.05) is 21.9 Å². The van der Waals surface area contributed by atoms with E-state index in [4.69, 9.17) is 16.0 Å². The molecule has 3 nitrogen and oxygen atoms in total. The molecule has 0 aliphatic rings. The van der Waals surface area contributed by atoms with Crippen molar-refractivity contribution in [2.24, 2.45) is 4.99 Å². The Balaban J connectivity index is 1.97. The van der Waals surface area contributed by atoms with Gasteiger partial charge < -0.3 is 4.42 Å². The molecule has 0 atom stereocenters. The lowest BCUT2D eigenvalue weighted by molar-refractivity contribution is 0.589. The van der Waals surface area contributed by atoms with E-state index in [9.17, 15) is 0 Å². The molecule has 3 rings (SSSR count). The molecule has 4 heteroatoms. The molecule has 0 radical (unpaired) electrons. The topological polar surface area (TPSA) is 38.4 Å². The molecule has 0 unspecified atom stereocenters. The van der Waals surface area contributed by atoms with Gasteiger partial charge in [-0.1, -0.05) is 17.7 Å². The van der Waals surface area contributed by atoms with E-state index in [2.05, 4.69) is 9.98 Å². The molecule has 1 aromatic heterocycles. The van der Waals surface area contributed by atoms with Crippen LogP contribution in [0, 0.1) is 6.92 Å². The van der Waals surface area contributed by atoms with Crippen LogP contribution in [0.2, 0.25) is 5.02 Å². The number of hydrogen-bond acceptors (Lipinski definition) is 3. The molecule has 0 aliphatic carbocycles. The Hall–Kier alpha value is -2.39. The van der Waals surface area contributed by atoms with Gasteiger partial charge in [0.25, 0.3) is 0 Å².